The van der Waals surface area contributed by atoms with Gasteiger partial charge in [0.15, 0.2) is 5.76 Å². The van der Waals surface area contributed by atoms with E-state index in [1.807, 2.05) is 0 Å². The Hall–Kier alpha value is -2.14. The Labute approximate surface area is 136 Å². The third-order valence-electron chi connectivity index (χ3n) is 3.96. The van der Waals surface area contributed by atoms with Crippen LogP contribution in [0.1, 0.15) is 30.8 Å². The number of carbonyl (C=O) groups is 1. The van der Waals surface area contributed by atoms with Gasteiger partial charge in [0.1, 0.15) is 11.6 Å². The van der Waals surface area contributed by atoms with Crippen LogP contribution >= 0.6 is 0 Å². The lowest BCUT2D eigenvalue weighted by Gasteiger charge is -2.20. The van der Waals surface area contributed by atoms with E-state index >= 15 is 0 Å². The van der Waals surface area contributed by atoms with Crippen LogP contribution in [0.3, 0.4) is 0 Å². The van der Waals surface area contributed by atoms with Crippen molar-refractivity contribution in [1.29, 1.82) is 0 Å². The van der Waals surface area contributed by atoms with Crippen LogP contribution < -0.4 is 5.73 Å². The molecule has 0 saturated heterocycles. The predicted molar refractivity (Wildman–Crippen MR) is 88.5 cm³/mol. The molecule has 4 nitrogen and oxygen atoms in total. The molecule has 1 amide bonds. The molecule has 1 aromatic carbocycles. The summed E-state index contributed by atoms with van der Waals surface area (Å²) >= 11 is 0. The summed E-state index contributed by atoms with van der Waals surface area (Å²) in [4.78, 5) is 13.9. The molecular formula is C18H23FN2O2. The van der Waals surface area contributed by atoms with Crippen LogP contribution in [0.15, 0.2) is 40.8 Å². The lowest BCUT2D eigenvalue weighted by molar-refractivity contribution is 0.0758. The molecule has 23 heavy (non-hydrogen) atoms. The first-order valence-corrected chi connectivity index (χ1v) is 7.76. The molecule has 5 heteroatoms. The highest BCUT2D eigenvalue weighted by atomic mass is 19.1. The van der Waals surface area contributed by atoms with Crippen molar-refractivity contribution < 1.29 is 13.6 Å². The number of nitrogens with zero attached hydrogens (tertiary/aromatic N) is 1. The lowest BCUT2D eigenvalue weighted by atomic mass is 10.0. The zero-order valence-electron chi connectivity index (χ0n) is 13.8. The van der Waals surface area contributed by atoms with Crippen molar-refractivity contribution in [2.24, 2.45) is 11.7 Å². The molecule has 0 bridgehead atoms. The van der Waals surface area contributed by atoms with E-state index in [1.54, 1.807) is 42.3 Å². The van der Waals surface area contributed by atoms with Crippen LogP contribution in [-0.2, 0) is 0 Å². The van der Waals surface area contributed by atoms with Gasteiger partial charge in [-0.05, 0) is 36.6 Å². The van der Waals surface area contributed by atoms with Crippen molar-refractivity contribution in [2.45, 2.75) is 26.3 Å². The van der Waals surface area contributed by atoms with Crippen molar-refractivity contribution in [3.05, 3.63) is 48.0 Å². The summed E-state index contributed by atoms with van der Waals surface area (Å²) in [6, 6.07) is 9.55. The fourth-order valence-electron chi connectivity index (χ4n) is 2.22. The van der Waals surface area contributed by atoms with Gasteiger partial charge in [-0.2, -0.15) is 0 Å². The Morgan fingerprint density at radius 2 is 1.96 bits per heavy atom. The summed E-state index contributed by atoms with van der Waals surface area (Å²) in [5.74, 6) is 0.304. The van der Waals surface area contributed by atoms with E-state index in [0.717, 1.165) is 6.42 Å². The van der Waals surface area contributed by atoms with Gasteiger partial charge in [0.25, 0.3) is 5.91 Å². The molecule has 124 valence electrons. The molecule has 0 aliphatic rings. The van der Waals surface area contributed by atoms with Crippen LogP contribution in [0, 0.1) is 11.7 Å². The van der Waals surface area contributed by atoms with E-state index in [-0.39, 0.29) is 23.5 Å². The summed E-state index contributed by atoms with van der Waals surface area (Å²) < 4.78 is 19.3. The van der Waals surface area contributed by atoms with Gasteiger partial charge in [-0.1, -0.05) is 26.0 Å². The molecule has 0 aliphatic carbocycles. The smallest absolute Gasteiger partial charge is 0.289 e. The minimum Gasteiger partial charge on any atom is -0.451 e. The summed E-state index contributed by atoms with van der Waals surface area (Å²) in [5.41, 5.74) is 6.34. The highest BCUT2D eigenvalue weighted by Crippen LogP contribution is 2.25. The lowest BCUT2D eigenvalue weighted by Crippen LogP contribution is -2.34. The number of hydrogen-bond acceptors (Lipinski definition) is 3. The van der Waals surface area contributed by atoms with Gasteiger partial charge in [0.2, 0.25) is 0 Å². The molecule has 1 aromatic heterocycles. The molecule has 1 atom stereocenters. The Morgan fingerprint density at radius 3 is 2.61 bits per heavy atom. The van der Waals surface area contributed by atoms with Gasteiger partial charge in [-0.3, -0.25) is 4.79 Å². The molecule has 1 unspecified atom stereocenters. The molecule has 2 aromatic rings. The molecule has 0 aliphatic heterocycles. The summed E-state index contributed by atoms with van der Waals surface area (Å²) in [6.45, 7) is 4.66. The molecule has 0 radical (unpaired) electrons. The maximum atomic E-state index is 13.8. The molecule has 1 heterocycles. The standard InChI is InChI=1S/C18H23FN2O2/c1-12(2)15(20)10-11-21(3)18(22)17-9-8-16(23-17)13-6-4-5-7-14(13)19/h4-9,12,15H,10-11,20H2,1-3H3. The van der Waals surface area contributed by atoms with Crippen LogP contribution in [0.2, 0.25) is 0 Å². The van der Waals surface area contributed by atoms with Crippen molar-refractivity contribution in [2.75, 3.05) is 13.6 Å². The summed E-state index contributed by atoms with van der Waals surface area (Å²) in [6.07, 6.45) is 0.723. The second-order valence-corrected chi connectivity index (χ2v) is 6.07. The zero-order chi connectivity index (χ0) is 17.0. The van der Waals surface area contributed by atoms with Gasteiger partial charge >= 0.3 is 0 Å². The van der Waals surface area contributed by atoms with Crippen molar-refractivity contribution in [1.82, 2.24) is 4.90 Å². The summed E-state index contributed by atoms with van der Waals surface area (Å²) in [5, 5.41) is 0. The Bertz CT molecular complexity index is 667. The highest BCUT2D eigenvalue weighted by Gasteiger charge is 2.18. The fourth-order valence-corrected chi connectivity index (χ4v) is 2.22. The fraction of sp³-hybridized carbons (Fsp3) is 0.389. The molecule has 0 spiro atoms. The Kier molecular flexibility index (Phi) is 5.55. The number of nitrogens with two attached hydrogens (primary N) is 1. The number of rotatable bonds is 6. The van der Waals surface area contributed by atoms with Gasteiger partial charge in [0.05, 0.1) is 5.56 Å². The highest BCUT2D eigenvalue weighted by molar-refractivity contribution is 5.91. The normalized spacial score (nSPS) is 12.4. The minimum atomic E-state index is -0.378. The second kappa shape index (κ2) is 7.42. The first kappa shape index (κ1) is 17.2. The van der Waals surface area contributed by atoms with Crippen LogP contribution in [0.25, 0.3) is 11.3 Å². The van der Waals surface area contributed by atoms with Gasteiger partial charge in [0, 0.05) is 19.6 Å². The maximum Gasteiger partial charge on any atom is 0.289 e. The third kappa shape index (κ3) is 4.20. The van der Waals surface area contributed by atoms with E-state index in [2.05, 4.69) is 13.8 Å². The number of hydrogen-bond donors (Lipinski definition) is 1. The molecule has 0 fully saturated rings. The van der Waals surface area contributed by atoms with Crippen LogP contribution in [0.5, 0.6) is 0 Å². The van der Waals surface area contributed by atoms with Crippen molar-refractivity contribution >= 4 is 5.91 Å². The Balaban J connectivity index is 2.05. The Morgan fingerprint density at radius 1 is 1.26 bits per heavy atom. The number of amides is 1. The van der Waals surface area contributed by atoms with E-state index in [0.29, 0.717) is 23.8 Å². The van der Waals surface area contributed by atoms with E-state index in [1.165, 1.54) is 6.07 Å². The molecule has 2 rings (SSSR count). The SMILES string of the molecule is CC(C)C(N)CCN(C)C(=O)c1ccc(-c2ccccc2F)o1. The maximum absolute atomic E-state index is 13.8. The van der Waals surface area contributed by atoms with Crippen LogP contribution in [0.4, 0.5) is 4.39 Å². The summed E-state index contributed by atoms with van der Waals surface area (Å²) in [7, 11) is 1.71. The first-order valence-electron chi connectivity index (χ1n) is 7.76. The van der Waals surface area contributed by atoms with Gasteiger partial charge < -0.3 is 15.1 Å². The number of halogens is 1. The second-order valence-electron chi connectivity index (χ2n) is 6.07. The molecular weight excluding hydrogens is 295 g/mol. The third-order valence-corrected chi connectivity index (χ3v) is 3.96. The predicted octanol–water partition coefficient (Wildman–Crippen LogP) is 3.53. The zero-order valence-corrected chi connectivity index (χ0v) is 13.8. The van der Waals surface area contributed by atoms with Crippen LogP contribution in [-0.4, -0.2) is 30.4 Å². The minimum absolute atomic E-state index is 0.0517. The number of benzene rings is 1. The average molecular weight is 318 g/mol. The molecule has 2 N–H and O–H groups in total. The van der Waals surface area contributed by atoms with Gasteiger partial charge in [-0.25, -0.2) is 4.39 Å². The largest absolute Gasteiger partial charge is 0.451 e. The van der Waals surface area contributed by atoms with E-state index in [4.69, 9.17) is 10.2 Å². The van der Waals surface area contributed by atoms with Crippen molar-refractivity contribution in [3.8, 4) is 11.3 Å². The topological polar surface area (TPSA) is 59.5 Å². The first-order chi connectivity index (χ1) is 10.9. The van der Waals surface area contributed by atoms with E-state index in [9.17, 15) is 9.18 Å². The van der Waals surface area contributed by atoms with E-state index < -0.39 is 0 Å². The van der Waals surface area contributed by atoms with Gasteiger partial charge in [-0.15, -0.1) is 0 Å². The number of carbonyl (C=O) groups excluding carboxylic acids is 1. The average Bonchev–Trinajstić information content (AvgIpc) is 3.01. The number of furan rings is 1. The quantitative estimate of drug-likeness (QED) is 0.886. The monoisotopic (exact) mass is 318 g/mol. The van der Waals surface area contributed by atoms with Crippen molar-refractivity contribution in [3.63, 3.8) is 0 Å². The molecule has 0 saturated carbocycles.